The van der Waals surface area contributed by atoms with Crippen LogP contribution < -0.4 is 14.8 Å². The predicted molar refractivity (Wildman–Crippen MR) is 215 cm³/mol. The maximum atomic E-state index is 12.3. The molecule has 2 unspecified atom stereocenters. The zero-order chi connectivity index (χ0) is 41.2. The molecule has 0 aliphatic carbocycles. The van der Waals surface area contributed by atoms with Gasteiger partial charge in [0.05, 0.1) is 18.5 Å². The zero-order valence-electron chi connectivity index (χ0n) is 34.4. The molecule has 53 heavy (non-hydrogen) atoms. The molecule has 1 aliphatic rings. The lowest BCUT2D eigenvalue weighted by Gasteiger charge is -2.18. The number of rotatable bonds is 12. The van der Waals surface area contributed by atoms with Crippen LogP contribution >= 0.6 is 0 Å². The molecule has 12 heteroatoms. The van der Waals surface area contributed by atoms with Crippen molar-refractivity contribution in [3.63, 3.8) is 0 Å². The summed E-state index contributed by atoms with van der Waals surface area (Å²) in [5.74, 6) is 1.33. The van der Waals surface area contributed by atoms with Crippen molar-refractivity contribution in [3.8, 4) is 11.5 Å². The summed E-state index contributed by atoms with van der Waals surface area (Å²) in [5, 5.41) is 21.1. The lowest BCUT2D eigenvalue weighted by atomic mass is 9.94. The summed E-state index contributed by atoms with van der Waals surface area (Å²) in [7, 11) is -3.28. The van der Waals surface area contributed by atoms with Gasteiger partial charge >= 0.3 is 0 Å². The highest BCUT2D eigenvalue weighted by atomic mass is 32.2. The van der Waals surface area contributed by atoms with Crippen molar-refractivity contribution in [3.05, 3.63) is 77.9 Å². The molecular formula is C41H67FN2O8S. The molecule has 0 spiro atoms. The molecule has 0 radical (unpaired) electrons. The average molecular weight is 767 g/mol. The smallest absolute Gasteiger partial charge is 0.264 e. The maximum Gasteiger partial charge on any atom is 0.264 e. The SMILES string of the molecule is C=CC(=O)NC(C)(C)C.CC(C)(C)N1CC1.CC(C)(C)OS(C)(=O)=O.CC(C)=C(c1ccc(OCC(C)CO)cc1)c1ccc(OCC(O)CF)cc1. The standard InChI is InChI=1S/C23H29FO4.C7H13NO.C6H13N.C5H12O3S/c1-16(2)23(18-4-8-21(9-5-18)27-14-17(3)13-25)19-6-10-22(11-7-19)28-15-20(26)12-24;1-5-6(9)8-7(2,3)4;1-6(2,3)7-4-5-7;1-5(2,3)8-9(4,6)7/h4-11,17,20,25-26H,12-15H2,1-3H3;5H,1H2,2-4H3,(H,8,9);4-5H2,1-3H3;1-4H3. The van der Waals surface area contributed by atoms with Crippen LogP contribution in [0.25, 0.3) is 5.57 Å². The van der Waals surface area contributed by atoms with E-state index < -0.39 is 28.5 Å². The first-order valence-electron chi connectivity index (χ1n) is 17.8. The van der Waals surface area contributed by atoms with E-state index in [4.69, 9.17) is 14.6 Å². The second-order valence-corrected chi connectivity index (χ2v) is 17.7. The minimum atomic E-state index is -3.28. The maximum absolute atomic E-state index is 12.3. The highest BCUT2D eigenvalue weighted by Crippen LogP contribution is 2.30. The van der Waals surface area contributed by atoms with Crippen LogP contribution in [0.2, 0.25) is 0 Å². The molecule has 3 N–H and O–H groups in total. The Balaban J connectivity index is 0.000000871. The van der Waals surface area contributed by atoms with E-state index in [0.717, 1.165) is 28.7 Å². The van der Waals surface area contributed by atoms with Crippen molar-refractivity contribution >= 4 is 21.6 Å². The molecule has 0 saturated carbocycles. The van der Waals surface area contributed by atoms with Crippen molar-refractivity contribution in [2.45, 2.75) is 106 Å². The molecule has 0 bridgehead atoms. The Labute approximate surface area is 319 Å². The second-order valence-electron chi connectivity index (χ2n) is 16.1. The molecule has 1 amide bonds. The Bertz CT molecular complexity index is 1440. The topological polar surface area (TPSA) is 134 Å². The molecule has 1 saturated heterocycles. The number of benzene rings is 2. The van der Waals surface area contributed by atoms with E-state index in [9.17, 15) is 22.7 Å². The van der Waals surface area contributed by atoms with Crippen molar-refractivity contribution in [2.24, 2.45) is 5.92 Å². The van der Waals surface area contributed by atoms with Crippen molar-refractivity contribution in [2.75, 3.05) is 45.8 Å². The Morgan fingerprint density at radius 3 is 1.57 bits per heavy atom. The fraction of sp³-hybridized carbons (Fsp3) is 0.585. The van der Waals surface area contributed by atoms with Gasteiger partial charge in [-0.3, -0.25) is 13.9 Å². The molecule has 302 valence electrons. The summed E-state index contributed by atoms with van der Waals surface area (Å²) in [4.78, 5) is 13.0. The van der Waals surface area contributed by atoms with E-state index in [-0.39, 0.29) is 30.6 Å². The number of aliphatic hydroxyl groups is 2. The van der Waals surface area contributed by atoms with Gasteiger partial charge in [-0.2, -0.15) is 8.42 Å². The predicted octanol–water partition coefficient (Wildman–Crippen LogP) is 7.19. The number of amides is 1. The summed E-state index contributed by atoms with van der Waals surface area (Å²) in [6.45, 7) is 29.3. The highest BCUT2D eigenvalue weighted by molar-refractivity contribution is 7.86. The first kappa shape index (κ1) is 49.7. The van der Waals surface area contributed by atoms with Gasteiger partial charge < -0.3 is 25.0 Å². The Morgan fingerprint density at radius 1 is 0.906 bits per heavy atom. The van der Waals surface area contributed by atoms with Gasteiger partial charge in [-0.15, -0.1) is 0 Å². The van der Waals surface area contributed by atoms with Crippen LogP contribution in [0.1, 0.15) is 94.2 Å². The molecule has 2 atom stereocenters. The summed E-state index contributed by atoms with van der Waals surface area (Å²) in [6, 6.07) is 15.4. The minimum absolute atomic E-state index is 0.0677. The van der Waals surface area contributed by atoms with Gasteiger partial charge in [-0.25, -0.2) is 4.39 Å². The lowest BCUT2D eigenvalue weighted by molar-refractivity contribution is -0.117. The monoisotopic (exact) mass is 766 g/mol. The Hall–Kier alpha value is -3.29. The van der Waals surface area contributed by atoms with Crippen LogP contribution in [0.15, 0.2) is 66.8 Å². The number of aliphatic hydroxyl groups excluding tert-OH is 2. The largest absolute Gasteiger partial charge is 0.493 e. The van der Waals surface area contributed by atoms with Gasteiger partial charge in [-0.05, 0) is 123 Å². The van der Waals surface area contributed by atoms with E-state index in [1.165, 1.54) is 24.7 Å². The van der Waals surface area contributed by atoms with E-state index >= 15 is 0 Å². The van der Waals surface area contributed by atoms with Crippen LogP contribution in [0.5, 0.6) is 11.5 Å². The molecule has 1 fully saturated rings. The van der Waals surface area contributed by atoms with E-state index in [1.807, 2.05) is 76.2 Å². The summed E-state index contributed by atoms with van der Waals surface area (Å²) in [6.07, 6.45) is 1.21. The quantitative estimate of drug-likeness (QED) is 0.117. The number of hydrogen-bond donors (Lipinski definition) is 3. The van der Waals surface area contributed by atoms with Crippen LogP contribution in [0.3, 0.4) is 0 Å². The van der Waals surface area contributed by atoms with Crippen LogP contribution in [0.4, 0.5) is 4.39 Å². The van der Waals surface area contributed by atoms with Crippen LogP contribution in [-0.4, -0.2) is 98.1 Å². The van der Waals surface area contributed by atoms with Gasteiger partial charge in [0.15, 0.2) is 0 Å². The zero-order valence-corrected chi connectivity index (χ0v) is 35.2. The molecule has 1 aliphatic heterocycles. The molecule has 2 aromatic carbocycles. The van der Waals surface area contributed by atoms with Gasteiger partial charge in [0.25, 0.3) is 10.1 Å². The number of halogens is 1. The van der Waals surface area contributed by atoms with Gasteiger partial charge in [-0.1, -0.05) is 43.3 Å². The molecule has 0 aromatic heterocycles. The third-order valence-electron chi connectivity index (χ3n) is 6.73. The summed E-state index contributed by atoms with van der Waals surface area (Å²) < 4.78 is 48.8. The summed E-state index contributed by atoms with van der Waals surface area (Å²) in [5.41, 5.74) is 4.10. The van der Waals surface area contributed by atoms with Gasteiger partial charge in [0, 0.05) is 36.7 Å². The molecular weight excluding hydrogens is 700 g/mol. The molecule has 10 nitrogen and oxygen atoms in total. The Kier molecular flexibility index (Phi) is 21.4. The average Bonchev–Trinajstić information content (AvgIpc) is 3.89. The number of hydrogen-bond acceptors (Lipinski definition) is 9. The number of ether oxygens (including phenoxy) is 2. The second kappa shape index (κ2) is 22.8. The normalized spacial score (nSPS) is 14.0. The number of carbonyl (C=O) groups is 1. The van der Waals surface area contributed by atoms with E-state index in [1.54, 1.807) is 20.8 Å². The summed E-state index contributed by atoms with van der Waals surface area (Å²) >= 11 is 0. The molecule has 3 rings (SSSR count). The van der Waals surface area contributed by atoms with E-state index in [0.29, 0.717) is 17.9 Å². The first-order valence-corrected chi connectivity index (χ1v) is 19.6. The molecule has 1 heterocycles. The van der Waals surface area contributed by atoms with Crippen LogP contribution in [0, 0.1) is 5.92 Å². The van der Waals surface area contributed by atoms with Gasteiger partial charge in [0.1, 0.15) is 30.9 Å². The third-order valence-corrected chi connectivity index (χ3v) is 7.54. The number of alkyl halides is 1. The van der Waals surface area contributed by atoms with Crippen LogP contribution in [-0.2, 0) is 19.1 Å². The van der Waals surface area contributed by atoms with Crippen molar-refractivity contribution in [1.29, 1.82) is 0 Å². The van der Waals surface area contributed by atoms with Crippen molar-refractivity contribution in [1.82, 2.24) is 10.2 Å². The van der Waals surface area contributed by atoms with Crippen molar-refractivity contribution < 1.29 is 41.5 Å². The van der Waals surface area contributed by atoms with E-state index in [2.05, 4.69) is 55.6 Å². The number of carbonyl (C=O) groups excluding carboxylic acids is 1. The fourth-order valence-corrected chi connectivity index (χ4v) is 5.21. The lowest BCUT2D eigenvalue weighted by Crippen LogP contribution is -2.39. The Morgan fingerprint density at radius 2 is 1.34 bits per heavy atom. The van der Waals surface area contributed by atoms with Gasteiger partial charge in [0.2, 0.25) is 5.91 Å². The highest BCUT2D eigenvalue weighted by Gasteiger charge is 2.29. The molecule has 2 aromatic rings. The number of allylic oxidation sites excluding steroid dienone is 1. The fourth-order valence-electron chi connectivity index (χ4n) is 4.30. The first-order chi connectivity index (χ1) is 24.2. The number of nitrogens with zero attached hydrogens (tertiary/aromatic N) is 1. The minimum Gasteiger partial charge on any atom is -0.493 e. The number of nitrogens with one attached hydrogen (secondary N) is 1. The third kappa shape index (κ3) is 25.4.